The minimum atomic E-state index is 0.0266. The number of amides is 1. The van der Waals surface area contributed by atoms with Crippen molar-refractivity contribution in [3.63, 3.8) is 0 Å². The van der Waals surface area contributed by atoms with E-state index in [0.29, 0.717) is 13.1 Å². The highest BCUT2D eigenvalue weighted by atomic mass is 16.5. The second kappa shape index (κ2) is 8.17. The largest absolute Gasteiger partial charge is 0.484 e. The van der Waals surface area contributed by atoms with Crippen molar-refractivity contribution < 1.29 is 9.53 Å². The smallest absolute Gasteiger partial charge is 0.260 e. The Morgan fingerprint density at radius 3 is 2.64 bits per heavy atom. The molecule has 1 amide bonds. The topological polar surface area (TPSA) is 41.6 Å². The van der Waals surface area contributed by atoms with Crippen molar-refractivity contribution >= 4 is 22.3 Å². The average molecular weight is 338 g/mol. The molecule has 0 aliphatic carbocycles. The molecular weight excluding hydrogens is 312 g/mol. The minimum absolute atomic E-state index is 0.0266. The van der Waals surface area contributed by atoms with E-state index in [1.54, 1.807) is 4.90 Å². The van der Waals surface area contributed by atoms with Crippen LogP contribution in [-0.2, 0) is 4.79 Å². The molecule has 2 aromatic rings. The summed E-state index contributed by atoms with van der Waals surface area (Å²) in [7, 11) is 0. The molecule has 25 heavy (non-hydrogen) atoms. The van der Waals surface area contributed by atoms with Crippen molar-refractivity contribution in [2.24, 2.45) is 0 Å². The van der Waals surface area contributed by atoms with Gasteiger partial charge >= 0.3 is 0 Å². The quantitative estimate of drug-likeness (QED) is 0.877. The molecule has 0 radical (unpaired) electrons. The first-order chi connectivity index (χ1) is 12.2. The molecule has 0 saturated heterocycles. The van der Waals surface area contributed by atoms with Gasteiger partial charge in [-0.2, -0.15) is 0 Å². The van der Waals surface area contributed by atoms with E-state index in [9.17, 15) is 4.79 Å². The molecule has 0 spiro atoms. The lowest BCUT2D eigenvalue weighted by atomic mass is 9.97. The molecule has 0 unspecified atom stereocenters. The highest BCUT2D eigenvalue weighted by Crippen LogP contribution is 2.27. The van der Waals surface area contributed by atoms with E-state index in [-0.39, 0.29) is 12.5 Å². The third kappa shape index (κ3) is 4.20. The predicted molar refractivity (Wildman–Crippen MR) is 103 cm³/mol. The Hall–Kier alpha value is -2.33. The molecule has 1 heterocycles. The van der Waals surface area contributed by atoms with Gasteiger partial charge in [-0.1, -0.05) is 24.3 Å². The van der Waals surface area contributed by atoms with Crippen LogP contribution in [-0.4, -0.2) is 43.6 Å². The van der Waals surface area contributed by atoms with Crippen LogP contribution < -0.4 is 10.1 Å². The van der Waals surface area contributed by atoms with Crippen LogP contribution in [0.4, 0.5) is 0 Å². The molecule has 1 aliphatic heterocycles. The van der Waals surface area contributed by atoms with Gasteiger partial charge in [0.1, 0.15) is 5.75 Å². The van der Waals surface area contributed by atoms with E-state index in [4.69, 9.17) is 4.74 Å². The van der Waals surface area contributed by atoms with Gasteiger partial charge in [-0.3, -0.25) is 4.79 Å². The van der Waals surface area contributed by atoms with Gasteiger partial charge in [0.25, 0.3) is 5.91 Å². The van der Waals surface area contributed by atoms with E-state index in [0.717, 1.165) is 30.6 Å². The number of carbonyl (C=O) groups excluding carboxylic acids is 1. The van der Waals surface area contributed by atoms with Crippen LogP contribution in [0.1, 0.15) is 25.8 Å². The summed E-state index contributed by atoms with van der Waals surface area (Å²) in [6, 6.07) is 12.6. The van der Waals surface area contributed by atoms with Gasteiger partial charge in [0.2, 0.25) is 0 Å². The molecule has 2 aromatic carbocycles. The van der Waals surface area contributed by atoms with Gasteiger partial charge in [0.05, 0.1) is 0 Å². The number of nitrogens with zero attached hydrogens (tertiary/aromatic N) is 1. The van der Waals surface area contributed by atoms with Crippen LogP contribution in [0.3, 0.4) is 0 Å². The number of nitrogens with one attached hydrogen (secondary N) is 1. The lowest BCUT2D eigenvalue weighted by Crippen LogP contribution is -2.34. The van der Waals surface area contributed by atoms with Crippen LogP contribution in [0, 0.1) is 0 Å². The number of ether oxygens (including phenoxy) is 1. The van der Waals surface area contributed by atoms with Gasteiger partial charge in [-0.25, -0.2) is 0 Å². The lowest BCUT2D eigenvalue weighted by Gasteiger charge is -2.18. The van der Waals surface area contributed by atoms with E-state index >= 15 is 0 Å². The summed E-state index contributed by atoms with van der Waals surface area (Å²) in [4.78, 5) is 13.9. The maximum absolute atomic E-state index is 12.1. The maximum atomic E-state index is 12.1. The number of benzene rings is 2. The van der Waals surface area contributed by atoms with Crippen molar-refractivity contribution in [2.75, 3.05) is 32.8 Å². The molecule has 0 fully saturated rings. The van der Waals surface area contributed by atoms with Crippen molar-refractivity contribution in [3.8, 4) is 5.75 Å². The molecule has 4 nitrogen and oxygen atoms in total. The fraction of sp³-hybridized carbons (Fsp3) is 0.381. The van der Waals surface area contributed by atoms with E-state index < -0.39 is 0 Å². The van der Waals surface area contributed by atoms with Crippen molar-refractivity contribution in [1.29, 1.82) is 0 Å². The normalized spacial score (nSPS) is 14.2. The van der Waals surface area contributed by atoms with E-state index in [2.05, 4.69) is 29.6 Å². The van der Waals surface area contributed by atoms with Crippen LogP contribution >= 0.6 is 0 Å². The Morgan fingerprint density at radius 2 is 1.92 bits per heavy atom. The molecule has 0 aromatic heterocycles. The number of fused-ring (bicyclic) bond motifs is 1. The first-order valence-corrected chi connectivity index (χ1v) is 9.05. The summed E-state index contributed by atoms with van der Waals surface area (Å²) in [5.74, 6) is 0.767. The van der Waals surface area contributed by atoms with E-state index in [1.165, 1.54) is 16.5 Å². The molecule has 0 atom stereocenters. The Kier molecular flexibility index (Phi) is 5.71. The van der Waals surface area contributed by atoms with Crippen LogP contribution in [0.2, 0.25) is 0 Å². The molecular formula is C21H26N2O2. The number of rotatable bonds is 6. The lowest BCUT2D eigenvalue weighted by molar-refractivity contribution is -0.132. The first kappa shape index (κ1) is 17.5. The average Bonchev–Trinajstić information content (AvgIpc) is 2.67. The predicted octanol–water partition coefficient (Wildman–Crippen LogP) is 3.46. The van der Waals surface area contributed by atoms with Crippen molar-refractivity contribution in [3.05, 3.63) is 48.0 Å². The monoisotopic (exact) mass is 338 g/mol. The molecule has 132 valence electrons. The fourth-order valence-corrected chi connectivity index (χ4v) is 3.21. The zero-order chi connectivity index (χ0) is 17.6. The Labute approximate surface area is 149 Å². The zero-order valence-electron chi connectivity index (χ0n) is 15.0. The zero-order valence-corrected chi connectivity index (χ0v) is 15.0. The highest BCUT2D eigenvalue weighted by molar-refractivity contribution is 5.87. The first-order valence-electron chi connectivity index (χ1n) is 9.05. The van der Waals surface area contributed by atoms with Gasteiger partial charge < -0.3 is 15.0 Å². The van der Waals surface area contributed by atoms with Crippen molar-refractivity contribution in [2.45, 2.75) is 20.3 Å². The number of hydrogen-bond donors (Lipinski definition) is 1. The Balaban J connectivity index is 1.76. The molecule has 0 bridgehead atoms. The highest BCUT2D eigenvalue weighted by Gasteiger charge is 2.11. The maximum Gasteiger partial charge on any atom is 0.260 e. The number of carbonyl (C=O) groups is 1. The summed E-state index contributed by atoms with van der Waals surface area (Å²) in [5.41, 5.74) is 2.66. The van der Waals surface area contributed by atoms with Gasteiger partial charge in [-0.05, 0) is 66.9 Å². The van der Waals surface area contributed by atoms with Crippen LogP contribution in [0.25, 0.3) is 16.3 Å². The molecule has 1 aliphatic rings. The molecule has 4 heteroatoms. The third-order valence-electron chi connectivity index (χ3n) is 4.72. The second-order valence-corrected chi connectivity index (χ2v) is 6.26. The number of likely N-dealkylation sites (N-methyl/N-ethyl adjacent to an activating group) is 1. The molecule has 1 N–H and O–H groups in total. The number of hydrogen-bond acceptors (Lipinski definition) is 3. The summed E-state index contributed by atoms with van der Waals surface area (Å²) < 4.78 is 5.73. The second-order valence-electron chi connectivity index (χ2n) is 6.26. The fourth-order valence-electron chi connectivity index (χ4n) is 3.21. The summed E-state index contributed by atoms with van der Waals surface area (Å²) in [5, 5.41) is 5.67. The minimum Gasteiger partial charge on any atom is -0.484 e. The molecule has 3 rings (SSSR count). The third-order valence-corrected chi connectivity index (χ3v) is 4.72. The van der Waals surface area contributed by atoms with E-state index in [1.807, 2.05) is 32.0 Å². The summed E-state index contributed by atoms with van der Waals surface area (Å²) >= 11 is 0. The summed E-state index contributed by atoms with van der Waals surface area (Å²) in [6.07, 6.45) is 3.31. The van der Waals surface area contributed by atoms with Gasteiger partial charge in [0.15, 0.2) is 6.61 Å². The standard InChI is InChI=1S/C21H26N2O2/c1-3-23(4-2)21(24)15-25-20-8-7-16-5-6-18(13-19(16)14-20)17-9-11-22-12-10-17/h5-9,13-14,22H,3-4,10-12,15H2,1-2H3. The SMILES string of the molecule is CCN(CC)C(=O)COc1ccc2ccc(C3=CCNCC3)cc2c1. The van der Waals surface area contributed by atoms with Crippen LogP contribution in [0.5, 0.6) is 5.75 Å². The summed E-state index contributed by atoms with van der Waals surface area (Å²) in [6.45, 7) is 7.44. The Bertz CT molecular complexity index is 779. The van der Waals surface area contributed by atoms with Gasteiger partial charge in [0, 0.05) is 19.6 Å². The Morgan fingerprint density at radius 1 is 1.12 bits per heavy atom. The van der Waals surface area contributed by atoms with Crippen LogP contribution in [0.15, 0.2) is 42.5 Å². The van der Waals surface area contributed by atoms with Gasteiger partial charge in [-0.15, -0.1) is 0 Å². The molecule has 0 saturated carbocycles. The van der Waals surface area contributed by atoms with Crippen molar-refractivity contribution in [1.82, 2.24) is 10.2 Å².